The Bertz CT molecular complexity index is 128. The summed E-state index contributed by atoms with van der Waals surface area (Å²) in [7, 11) is 1.71. The summed E-state index contributed by atoms with van der Waals surface area (Å²) in [6, 6.07) is 0. The number of methoxy groups -OCH3 is 1. The van der Waals surface area contributed by atoms with Crippen molar-refractivity contribution in [3.8, 4) is 0 Å². The summed E-state index contributed by atoms with van der Waals surface area (Å²) in [5.74, 6) is 0. The molecule has 0 heterocycles. The van der Waals surface area contributed by atoms with Crippen molar-refractivity contribution >= 4 is 11.6 Å². The second-order valence-corrected chi connectivity index (χ2v) is 2.47. The number of halogens is 1. The van der Waals surface area contributed by atoms with E-state index in [2.05, 4.69) is 0 Å². The van der Waals surface area contributed by atoms with Gasteiger partial charge in [0.05, 0.1) is 6.10 Å². The summed E-state index contributed by atoms with van der Waals surface area (Å²) in [4.78, 5) is 0. The maximum absolute atomic E-state index is 5.67. The summed E-state index contributed by atoms with van der Waals surface area (Å²) < 4.78 is 5.03. The van der Waals surface area contributed by atoms with Crippen molar-refractivity contribution in [2.75, 3.05) is 7.11 Å². The van der Waals surface area contributed by atoms with Gasteiger partial charge in [-0.15, -0.1) is 0 Å². The van der Waals surface area contributed by atoms with Gasteiger partial charge in [0.15, 0.2) is 0 Å². The van der Waals surface area contributed by atoms with Crippen molar-refractivity contribution in [2.45, 2.75) is 19.4 Å². The van der Waals surface area contributed by atoms with Crippen LogP contribution in [0.3, 0.4) is 0 Å². The van der Waals surface area contributed by atoms with E-state index in [9.17, 15) is 0 Å². The van der Waals surface area contributed by atoms with Gasteiger partial charge in [-0.2, -0.15) is 0 Å². The minimum Gasteiger partial charge on any atom is -0.377 e. The second kappa shape index (κ2) is 2.08. The van der Waals surface area contributed by atoms with Crippen LogP contribution in [0.2, 0.25) is 0 Å². The Morgan fingerprint density at radius 2 is 2.38 bits per heavy atom. The lowest BCUT2D eigenvalue weighted by atomic mass is 9.96. The highest BCUT2D eigenvalue weighted by molar-refractivity contribution is 6.30. The lowest BCUT2D eigenvalue weighted by Crippen LogP contribution is -2.21. The van der Waals surface area contributed by atoms with Crippen LogP contribution in [0.1, 0.15) is 13.3 Å². The topological polar surface area (TPSA) is 9.23 Å². The van der Waals surface area contributed by atoms with E-state index in [1.54, 1.807) is 7.11 Å². The van der Waals surface area contributed by atoms with Crippen LogP contribution in [0.25, 0.3) is 0 Å². The zero-order chi connectivity index (χ0) is 6.15. The minimum atomic E-state index is 0.308. The Kier molecular flexibility index (Phi) is 1.59. The molecule has 0 aliphatic heterocycles. The molecular formula is C6H9ClO. The largest absolute Gasteiger partial charge is 0.377 e. The van der Waals surface area contributed by atoms with Gasteiger partial charge in [0.25, 0.3) is 0 Å². The van der Waals surface area contributed by atoms with Crippen LogP contribution in [-0.4, -0.2) is 13.2 Å². The standard InChI is InChI=1S/C6H9ClO/c1-4-5(7)3-6(4)8-2/h6H,3H2,1-2H3/t6-/m1/s1. The zero-order valence-electron chi connectivity index (χ0n) is 5.07. The predicted molar refractivity (Wildman–Crippen MR) is 34.0 cm³/mol. The molecule has 0 saturated carbocycles. The van der Waals surface area contributed by atoms with Crippen molar-refractivity contribution in [1.29, 1.82) is 0 Å². The van der Waals surface area contributed by atoms with Crippen molar-refractivity contribution in [1.82, 2.24) is 0 Å². The summed E-state index contributed by atoms with van der Waals surface area (Å²) in [5, 5.41) is 0.969. The lowest BCUT2D eigenvalue weighted by molar-refractivity contribution is 0.117. The molecule has 0 bridgehead atoms. The van der Waals surface area contributed by atoms with Gasteiger partial charge < -0.3 is 4.74 Å². The van der Waals surface area contributed by atoms with E-state index in [1.807, 2.05) is 6.92 Å². The van der Waals surface area contributed by atoms with Gasteiger partial charge in [-0.25, -0.2) is 0 Å². The van der Waals surface area contributed by atoms with Crippen molar-refractivity contribution in [2.24, 2.45) is 0 Å². The molecule has 1 rings (SSSR count). The third-order valence-electron chi connectivity index (χ3n) is 1.56. The van der Waals surface area contributed by atoms with Gasteiger partial charge in [0.2, 0.25) is 0 Å². The van der Waals surface area contributed by atoms with Gasteiger partial charge in [0, 0.05) is 18.6 Å². The molecule has 8 heavy (non-hydrogen) atoms. The van der Waals surface area contributed by atoms with Crippen LogP contribution < -0.4 is 0 Å². The molecule has 0 aromatic heterocycles. The number of hydrogen-bond donors (Lipinski definition) is 0. The molecule has 0 aromatic rings. The number of ether oxygens (including phenoxy) is 1. The molecule has 1 nitrogen and oxygen atoms in total. The quantitative estimate of drug-likeness (QED) is 0.530. The summed E-state index contributed by atoms with van der Waals surface area (Å²) in [5.41, 5.74) is 1.19. The first-order valence-corrected chi connectivity index (χ1v) is 3.01. The smallest absolute Gasteiger partial charge is 0.0841 e. The molecule has 0 spiro atoms. The van der Waals surface area contributed by atoms with Gasteiger partial charge in [-0.05, 0) is 12.5 Å². The zero-order valence-corrected chi connectivity index (χ0v) is 5.83. The van der Waals surface area contributed by atoms with Gasteiger partial charge >= 0.3 is 0 Å². The molecule has 0 aromatic carbocycles. The van der Waals surface area contributed by atoms with Gasteiger partial charge in [0.1, 0.15) is 0 Å². The highest BCUT2D eigenvalue weighted by Gasteiger charge is 2.23. The first-order chi connectivity index (χ1) is 3.75. The van der Waals surface area contributed by atoms with Crippen LogP contribution in [0, 0.1) is 0 Å². The first kappa shape index (κ1) is 6.12. The second-order valence-electron chi connectivity index (χ2n) is 2.02. The van der Waals surface area contributed by atoms with Crippen molar-refractivity contribution in [3.63, 3.8) is 0 Å². The molecule has 2 heteroatoms. The summed E-state index contributed by atoms with van der Waals surface area (Å²) in [6.07, 6.45) is 1.21. The van der Waals surface area contributed by atoms with Crippen LogP contribution in [-0.2, 0) is 4.74 Å². The Balaban J connectivity index is 2.52. The molecule has 46 valence electrons. The Morgan fingerprint density at radius 1 is 1.75 bits per heavy atom. The van der Waals surface area contributed by atoms with Gasteiger partial charge in [-0.1, -0.05) is 11.6 Å². The lowest BCUT2D eigenvalue weighted by Gasteiger charge is -2.25. The average molecular weight is 133 g/mol. The monoisotopic (exact) mass is 132 g/mol. The van der Waals surface area contributed by atoms with E-state index in [0.717, 1.165) is 11.5 Å². The van der Waals surface area contributed by atoms with E-state index < -0.39 is 0 Å². The predicted octanol–water partition coefficient (Wildman–Crippen LogP) is 1.92. The molecule has 0 amide bonds. The van der Waals surface area contributed by atoms with Crippen LogP contribution in [0.4, 0.5) is 0 Å². The number of hydrogen-bond acceptors (Lipinski definition) is 1. The fraction of sp³-hybridized carbons (Fsp3) is 0.667. The van der Waals surface area contributed by atoms with E-state index in [0.29, 0.717) is 6.10 Å². The minimum absolute atomic E-state index is 0.308. The van der Waals surface area contributed by atoms with E-state index in [4.69, 9.17) is 16.3 Å². The van der Waals surface area contributed by atoms with E-state index in [1.165, 1.54) is 5.57 Å². The highest BCUT2D eigenvalue weighted by Crippen LogP contribution is 2.32. The van der Waals surface area contributed by atoms with Crippen LogP contribution in [0.15, 0.2) is 10.6 Å². The number of rotatable bonds is 1. The molecule has 0 radical (unpaired) electrons. The molecule has 1 aliphatic rings. The normalized spacial score (nSPS) is 28.1. The molecule has 1 atom stereocenters. The van der Waals surface area contributed by atoms with Crippen molar-refractivity contribution in [3.05, 3.63) is 10.6 Å². The molecular weight excluding hydrogens is 124 g/mol. The Labute approximate surface area is 54.3 Å². The summed E-state index contributed by atoms with van der Waals surface area (Å²) in [6.45, 7) is 2.00. The highest BCUT2D eigenvalue weighted by atomic mass is 35.5. The Morgan fingerprint density at radius 3 is 2.50 bits per heavy atom. The van der Waals surface area contributed by atoms with Crippen LogP contribution >= 0.6 is 11.6 Å². The molecule has 0 saturated heterocycles. The van der Waals surface area contributed by atoms with E-state index >= 15 is 0 Å². The maximum atomic E-state index is 5.67. The molecule has 1 aliphatic carbocycles. The van der Waals surface area contributed by atoms with E-state index in [-0.39, 0.29) is 0 Å². The third-order valence-corrected chi connectivity index (χ3v) is 2.01. The fourth-order valence-electron chi connectivity index (χ4n) is 0.781. The fourth-order valence-corrected chi connectivity index (χ4v) is 1.04. The molecule has 0 N–H and O–H groups in total. The molecule has 0 fully saturated rings. The molecule has 0 unspecified atom stereocenters. The van der Waals surface area contributed by atoms with Crippen LogP contribution in [0.5, 0.6) is 0 Å². The van der Waals surface area contributed by atoms with Gasteiger partial charge in [-0.3, -0.25) is 0 Å². The summed E-state index contributed by atoms with van der Waals surface area (Å²) >= 11 is 5.67. The maximum Gasteiger partial charge on any atom is 0.0841 e. The van der Waals surface area contributed by atoms with Crippen molar-refractivity contribution < 1.29 is 4.74 Å². The Hall–Kier alpha value is -0.0100. The SMILES string of the molecule is CO[C@@H]1CC(Cl)=C1C. The average Bonchev–Trinajstić information content (AvgIpc) is 1.81. The first-order valence-electron chi connectivity index (χ1n) is 2.63. The third kappa shape index (κ3) is 0.762.